The molecular weight excluding hydrogens is 286 g/mol. The second-order valence-electron chi connectivity index (χ2n) is 5.78. The molecule has 0 aliphatic carbocycles. The molecule has 1 aromatic rings. The highest BCUT2D eigenvalue weighted by Gasteiger charge is 2.32. The van der Waals surface area contributed by atoms with Crippen molar-refractivity contribution < 1.29 is 13.2 Å². The lowest BCUT2D eigenvalue weighted by atomic mass is 10.1. The van der Waals surface area contributed by atoms with Crippen molar-refractivity contribution in [3.63, 3.8) is 0 Å². The summed E-state index contributed by atoms with van der Waals surface area (Å²) in [7, 11) is -3.45. The molecule has 1 unspecified atom stereocenters. The predicted molar refractivity (Wildman–Crippen MR) is 84.3 cm³/mol. The number of aryl methyl sites for hydroxylation is 2. The Morgan fingerprint density at radius 1 is 1.24 bits per heavy atom. The number of rotatable bonds is 4. The van der Waals surface area contributed by atoms with E-state index in [4.69, 9.17) is 4.74 Å². The van der Waals surface area contributed by atoms with E-state index in [2.05, 4.69) is 0 Å². The van der Waals surface area contributed by atoms with Crippen LogP contribution in [-0.2, 0) is 10.0 Å². The van der Waals surface area contributed by atoms with Crippen LogP contribution in [0.5, 0.6) is 5.75 Å². The van der Waals surface area contributed by atoms with E-state index < -0.39 is 10.0 Å². The fourth-order valence-corrected chi connectivity index (χ4v) is 4.88. The largest absolute Gasteiger partial charge is 0.494 e. The van der Waals surface area contributed by atoms with Crippen molar-refractivity contribution in [1.29, 1.82) is 0 Å². The van der Waals surface area contributed by atoms with E-state index in [-0.39, 0.29) is 6.04 Å². The van der Waals surface area contributed by atoms with Gasteiger partial charge in [0, 0.05) is 18.7 Å². The van der Waals surface area contributed by atoms with Crippen molar-refractivity contribution >= 4 is 10.0 Å². The summed E-state index contributed by atoms with van der Waals surface area (Å²) >= 11 is 0. The minimum Gasteiger partial charge on any atom is -0.494 e. The Hall–Kier alpha value is -1.07. The molecule has 4 nitrogen and oxygen atoms in total. The summed E-state index contributed by atoms with van der Waals surface area (Å²) in [6, 6.07) is 3.65. The highest BCUT2D eigenvalue weighted by molar-refractivity contribution is 7.89. The molecule has 0 N–H and O–H groups in total. The summed E-state index contributed by atoms with van der Waals surface area (Å²) in [6.07, 6.45) is 2.97. The van der Waals surface area contributed by atoms with E-state index in [1.807, 2.05) is 33.8 Å². The Labute approximate surface area is 128 Å². The van der Waals surface area contributed by atoms with Gasteiger partial charge in [-0.05, 0) is 51.7 Å². The van der Waals surface area contributed by atoms with Gasteiger partial charge in [0.05, 0.1) is 11.5 Å². The van der Waals surface area contributed by atoms with Gasteiger partial charge < -0.3 is 4.74 Å². The zero-order chi connectivity index (χ0) is 15.6. The maximum atomic E-state index is 13.0. The first-order valence-corrected chi connectivity index (χ1v) is 9.07. The van der Waals surface area contributed by atoms with Crippen molar-refractivity contribution in [3.8, 4) is 5.75 Å². The van der Waals surface area contributed by atoms with Crippen LogP contribution in [0.1, 0.15) is 44.2 Å². The molecule has 0 aromatic heterocycles. The van der Waals surface area contributed by atoms with Crippen LogP contribution in [0.3, 0.4) is 0 Å². The van der Waals surface area contributed by atoms with E-state index in [9.17, 15) is 8.42 Å². The van der Waals surface area contributed by atoms with Crippen LogP contribution >= 0.6 is 0 Å². The molecule has 1 aromatic carbocycles. The minimum absolute atomic E-state index is 0.0694. The SMILES string of the molecule is CCOc1cc(S(=O)(=O)N2CCCCC2C)c(C)cc1C. The average Bonchev–Trinajstić information content (AvgIpc) is 2.42. The summed E-state index contributed by atoms with van der Waals surface area (Å²) in [5.74, 6) is 0.659. The van der Waals surface area contributed by atoms with Crippen molar-refractivity contribution in [2.75, 3.05) is 13.2 Å². The lowest BCUT2D eigenvalue weighted by Gasteiger charge is -2.32. The summed E-state index contributed by atoms with van der Waals surface area (Å²) in [5, 5.41) is 0. The molecule has 2 rings (SSSR count). The smallest absolute Gasteiger partial charge is 0.243 e. The standard InChI is InChI=1S/C16H25NO3S/c1-5-20-15-11-16(13(3)10-12(15)2)21(18,19)17-9-7-6-8-14(17)4/h10-11,14H,5-9H2,1-4H3. The van der Waals surface area contributed by atoms with Gasteiger partial charge in [-0.1, -0.05) is 12.5 Å². The number of hydrogen-bond acceptors (Lipinski definition) is 3. The van der Waals surface area contributed by atoms with Gasteiger partial charge in [-0.25, -0.2) is 8.42 Å². The summed E-state index contributed by atoms with van der Waals surface area (Å²) < 4.78 is 33.1. The topological polar surface area (TPSA) is 46.6 Å². The zero-order valence-corrected chi connectivity index (χ0v) is 14.2. The molecule has 0 radical (unpaired) electrons. The van der Waals surface area contributed by atoms with Gasteiger partial charge in [-0.15, -0.1) is 0 Å². The summed E-state index contributed by atoms with van der Waals surface area (Å²) in [5.41, 5.74) is 1.76. The molecule has 1 saturated heterocycles. The second kappa shape index (κ2) is 6.36. The quantitative estimate of drug-likeness (QED) is 0.857. The van der Waals surface area contributed by atoms with Crippen molar-refractivity contribution in [3.05, 3.63) is 23.3 Å². The molecule has 5 heteroatoms. The van der Waals surface area contributed by atoms with Crippen molar-refractivity contribution in [2.45, 2.75) is 57.9 Å². The number of sulfonamides is 1. The lowest BCUT2D eigenvalue weighted by molar-refractivity contribution is 0.268. The molecule has 118 valence electrons. The number of nitrogens with zero attached hydrogens (tertiary/aromatic N) is 1. The molecule has 1 fully saturated rings. The fourth-order valence-electron chi connectivity index (χ4n) is 2.96. The summed E-state index contributed by atoms with van der Waals surface area (Å²) in [6.45, 7) is 8.83. The van der Waals surface area contributed by atoms with Gasteiger partial charge in [-0.2, -0.15) is 4.31 Å². The van der Waals surface area contributed by atoms with E-state index >= 15 is 0 Å². The highest BCUT2D eigenvalue weighted by Crippen LogP contribution is 2.31. The Kier molecular flexibility index (Phi) is 4.94. The van der Waals surface area contributed by atoms with Crippen LogP contribution in [0.15, 0.2) is 17.0 Å². The number of piperidine rings is 1. The normalized spacial score (nSPS) is 20.5. The van der Waals surface area contributed by atoms with Crippen molar-refractivity contribution in [1.82, 2.24) is 4.31 Å². The molecular formula is C16H25NO3S. The van der Waals surface area contributed by atoms with Gasteiger partial charge >= 0.3 is 0 Å². The molecule has 0 spiro atoms. The van der Waals surface area contributed by atoms with Crippen molar-refractivity contribution in [2.24, 2.45) is 0 Å². The van der Waals surface area contributed by atoms with Gasteiger partial charge in [0.1, 0.15) is 5.75 Å². The van der Waals surface area contributed by atoms with Gasteiger partial charge in [0.2, 0.25) is 10.0 Å². The van der Waals surface area contributed by atoms with Crippen LogP contribution in [0.2, 0.25) is 0 Å². The first kappa shape index (κ1) is 16.3. The first-order valence-electron chi connectivity index (χ1n) is 7.63. The third kappa shape index (κ3) is 3.24. The highest BCUT2D eigenvalue weighted by atomic mass is 32.2. The molecule has 0 bridgehead atoms. The van der Waals surface area contributed by atoms with Crippen LogP contribution in [0.25, 0.3) is 0 Å². The first-order chi connectivity index (χ1) is 9.87. The van der Waals surface area contributed by atoms with E-state index in [0.29, 0.717) is 23.8 Å². The minimum atomic E-state index is -3.45. The Balaban J connectivity index is 2.46. The van der Waals surface area contributed by atoms with Crippen LogP contribution < -0.4 is 4.74 Å². The predicted octanol–water partition coefficient (Wildman–Crippen LogP) is 3.27. The molecule has 1 aliphatic rings. The Morgan fingerprint density at radius 3 is 2.57 bits per heavy atom. The van der Waals surface area contributed by atoms with Crippen LogP contribution in [-0.4, -0.2) is 31.9 Å². The number of hydrogen-bond donors (Lipinski definition) is 0. The molecule has 0 saturated carbocycles. The van der Waals surface area contributed by atoms with E-state index in [1.54, 1.807) is 10.4 Å². The number of benzene rings is 1. The zero-order valence-electron chi connectivity index (χ0n) is 13.3. The van der Waals surface area contributed by atoms with Gasteiger partial charge in [-0.3, -0.25) is 0 Å². The third-order valence-electron chi connectivity index (χ3n) is 4.10. The monoisotopic (exact) mass is 311 g/mol. The fraction of sp³-hybridized carbons (Fsp3) is 0.625. The maximum absolute atomic E-state index is 13.0. The Bertz CT molecular complexity index is 610. The van der Waals surface area contributed by atoms with Gasteiger partial charge in [0.25, 0.3) is 0 Å². The Morgan fingerprint density at radius 2 is 1.95 bits per heavy atom. The molecule has 0 amide bonds. The molecule has 21 heavy (non-hydrogen) atoms. The molecule has 1 atom stereocenters. The third-order valence-corrected chi connectivity index (χ3v) is 6.26. The van der Waals surface area contributed by atoms with Crippen LogP contribution in [0.4, 0.5) is 0 Å². The van der Waals surface area contributed by atoms with Crippen LogP contribution in [0, 0.1) is 13.8 Å². The molecule has 1 aliphatic heterocycles. The van der Waals surface area contributed by atoms with Gasteiger partial charge in [0.15, 0.2) is 0 Å². The second-order valence-corrected chi connectivity index (χ2v) is 7.64. The molecule has 1 heterocycles. The van der Waals surface area contributed by atoms with E-state index in [1.165, 1.54) is 0 Å². The lowest BCUT2D eigenvalue weighted by Crippen LogP contribution is -2.42. The average molecular weight is 311 g/mol. The summed E-state index contributed by atoms with van der Waals surface area (Å²) in [4.78, 5) is 0.380. The maximum Gasteiger partial charge on any atom is 0.243 e. The van der Waals surface area contributed by atoms with E-state index in [0.717, 1.165) is 30.4 Å². The number of ether oxygens (including phenoxy) is 1.